The van der Waals surface area contributed by atoms with E-state index in [1.807, 2.05) is 0 Å². The number of carbonyl (C=O) groups is 2. The minimum absolute atomic E-state index is 0.157. The molecule has 1 atom stereocenters. The highest BCUT2D eigenvalue weighted by molar-refractivity contribution is 9.10. The van der Waals surface area contributed by atoms with Gasteiger partial charge in [0.25, 0.3) is 0 Å². The second-order valence-electron chi connectivity index (χ2n) is 6.13. The number of ether oxygens (including phenoxy) is 2. The maximum atomic E-state index is 12.1. The Morgan fingerprint density at radius 3 is 2.68 bits per heavy atom. The van der Waals surface area contributed by atoms with Gasteiger partial charge in [0.05, 0.1) is 13.2 Å². The van der Waals surface area contributed by atoms with E-state index in [-0.39, 0.29) is 6.61 Å². The number of amides is 1. The van der Waals surface area contributed by atoms with Crippen LogP contribution in [-0.2, 0) is 26.4 Å². The fourth-order valence-electron chi connectivity index (χ4n) is 2.30. The lowest BCUT2D eigenvalue weighted by molar-refractivity contribution is -0.150. The van der Waals surface area contributed by atoms with Gasteiger partial charge in [0.15, 0.2) is 5.54 Å². The van der Waals surface area contributed by atoms with Crippen LogP contribution in [0.15, 0.2) is 22.7 Å². The average Bonchev–Trinajstić information content (AvgIpc) is 2.35. The third-order valence-corrected chi connectivity index (χ3v) is 3.68. The van der Waals surface area contributed by atoms with Crippen LogP contribution in [0.4, 0.5) is 4.79 Å². The fraction of sp³-hybridized carbons (Fsp3) is 0.467. The van der Waals surface area contributed by atoms with Crippen LogP contribution in [-0.4, -0.2) is 29.4 Å². The van der Waals surface area contributed by atoms with Crippen LogP contribution in [0.5, 0.6) is 0 Å². The first-order valence-electron chi connectivity index (χ1n) is 6.75. The molecule has 0 saturated heterocycles. The zero-order chi connectivity index (χ0) is 16.5. The van der Waals surface area contributed by atoms with Gasteiger partial charge in [-0.2, -0.15) is 0 Å². The molecule has 2 N–H and O–H groups in total. The summed E-state index contributed by atoms with van der Waals surface area (Å²) in [6.45, 7) is 5.27. The lowest BCUT2D eigenvalue weighted by atomic mass is 9.85. The standard InChI is InChI=1S/C15H18BrNO5/c1-14(2,3)22-13(20)17-15(12(18)19)8-21-7-9-6-10(16)4-5-11(9)15/h4-6H,7-8H2,1-3H3,(H,17,20)(H,18,19). The number of rotatable bonds is 2. The molecule has 1 unspecified atom stereocenters. The predicted molar refractivity (Wildman–Crippen MR) is 82.5 cm³/mol. The van der Waals surface area contributed by atoms with Gasteiger partial charge in [-0.15, -0.1) is 0 Å². The molecule has 1 amide bonds. The van der Waals surface area contributed by atoms with Crippen molar-refractivity contribution in [2.24, 2.45) is 0 Å². The number of benzene rings is 1. The van der Waals surface area contributed by atoms with E-state index in [0.717, 1.165) is 4.47 Å². The van der Waals surface area contributed by atoms with Crippen LogP contribution in [0.1, 0.15) is 31.9 Å². The van der Waals surface area contributed by atoms with E-state index in [0.29, 0.717) is 17.7 Å². The topological polar surface area (TPSA) is 84.9 Å². The Hall–Kier alpha value is -1.60. The van der Waals surface area contributed by atoms with E-state index >= 15 is 0 Å². The monoisotopic (exact) mass is 371 g/mol. The van der Waals surface area contributed by atoms with Gasteiger partial charge in [-0.25, -0.2) is 9.59 Å². The van der Waals surface area contributed by atoms with Gasteiger partial charge in [-0.3, -0.25) is 5.32 Å². The van der Waals surface area contributed by atoms with Crippen molar-refractivity contribution in [1.29, 1.82) is 0 Å². The van der Waals surface area contributed by atoms with Crippen molar-refractivity contribution in [3.05, 3.63) is 33.8 Å². The molecule has 6 nitrogen and oxygen atoms in total. The number of carbonyl (C=O) groups excluding carboxylic acids is 1. The third-order valence-electron chi connectivity index (χ3n) is 3.18. The highest BCUT2D eigenvalue weighted by Crippen LogP contribution is 2.33. The highest BCUT2D eigenvalue weighted by atomic mass is 79.9. The molecule has 0 bridgehead atoms. The minimum atomic E-state index is -1.66. The number of carboxylic acid groups (broad SMARTS) is 1. The largest absolute Gasteiger partial charge is 0.479 e. The molecule has 22 heavy (non-hydrogen) atoms. The zero-order valence-corrected chi connectivity index (χ0v) is 14.2. The van der Waals surface area contributed by atoms with E-state index in [2.05, 4.69) is 21.2 Å². The van der Waals surface area contributed by atoms with Gasteiger partial charge in [0, 0.05) is 4.47 Å². The molecule has 1 aliphatic rings. The van der Waals surface area contributed by atoms with Crippen molar-refractivity contribution < 1.29 is 24.2 Å². The number of hydrogen-bond donors (Lipinski definition) is 2. The highest BCUT2D eigenvalue weighted by Gasteiger charge is 2.47. The SMILES string of the molecule is CC(C)(C)OC(=O)NC1(C(=O)O)COCc2cc(Br)ccc21. The number of carboxylic acids is 1. The summed E-state index contributed by atoms with van der Waals surface area (Å²) in [6.07, 6.45) is -0.797. The van der Waals surface area contributed by atoms with Crippen LogP contribution in [0, 0.1) is 0 Å². The second kappa shape index (κ2) is 5.89. The summed E-state index contributed by atoms with van der Waals surface area (Å²) < 4.78 is 11.4. The number of halogens is 1. The van der Waals surface area contributed by atoms with Crippen molar-refractivity contribution in [3.8, 4) is 0 Å². The molecule has 2 rings (SSSR count). The summed E-state index contributed by atoms with van der Waals surface area (Å²) in [5, 5.41) is 12.2. The quantitative estimate of drug-likeness (QED) is 0.834. The molecule has 120 valence electrons. The van der Waals surface area contributed by atoms with Gasteiger partial charge >= 0.3 is 12.1 Å². The summed E-state index contributed by atoms with van der Waals surface area (Å²) in [5.41, 5.74) is -1.17. The molecule has 0 fully saturated rings. The van der Waals surface area contributed by atoms with Crippen molar-refractivity contribution in [1.82, 2.24) is 5.32 Å². The van der Waals surface area contributed by atoms with Crippen LogP contribution in [0.2, 0.25) is 0 Å². The third kappa shape index (κ3) is 3.41. The lowest BCUT2D eigenvalue weighted by Crippen LogP contribution is -2.57. The molecule has 1 aliphatic heterocycles. The Balaban J connectivity index is 2.39. The molecule has 1 heterocycles. The Bertz CT molecular complexity index is 610. The van der Waals surface area contributed by atoms with Gasteiger partial charge in [0.2, 0.25) is 0 Å². The first-order chi connectivity index (χ1) is 10.1. The normalized spacial score (nSPS) is 20.9. The van der Waals surface area contributed by atoms with Gasteiger partial charge in [0.1, 0.15) is 5.60 Å². The molecule has 1 aromatic rings. The Kier molecular flexibility index (Phi) is 4.49. The number of nitrogens with one attached hydrogen (secondary N) is 1. The van der Waals surface area contributed by atoms with E-state index in [1.54, 1.807) is 39.0 Å². The van der Waals surface area contributed by atoms with Crippen molar-refractivity contribution in [2.45, 2.75) is 38.5 Å². The van der Waals surface area contributed by atoms with Gasteiger partial charge in [-0.05, 0) is 44.0 Å². The molecule has 0 aromatic heterocycles. The zero-order valence-electron chi connectivity index (χ0n) is 12.6. The van der Waals surface area contributed by atoms with Crippen LogP contribution in [0.3, 0.4) is 0 Å². The number of fused-ring (bicyclic) bond motifs is 1. The van der Waals surface area contributed by atoms with Crippen LogP contribution in [0.25, 0.3) is 0 Å². The molecule has 1 aromatic carbocycles. The van der Waals surface area contributed by atoms with E-state index in [4.69, 9.17) is 9.47 Å². The maximum absolute atomic E-state index is 12.1. The first kappa shape index (κ1) is 16.8. The Labute approximate surface area is 136 Å². The number of hydrogen-bond acceptors (Lipinski definition) is 4. The first-order valence-corrected chi connectivity index (χ1v) is 7.54. The predicted octanol–water partition coefficient (Wildman–Crippen LogP) is 2.78. The maximum Gasteiger partial charge on any atom is 0.408 e. The van der Waals surface area contributed by atoms with Gasteiger partial charge < -0.3 is 14.6 Å². The van der Waals surface area contributed by atoms with E-state index < -0.39 is 23.2 Å². The summed E-state index contributed by atoms with van der Waals surface area (Å²) in [6, 6.07) is 5.19. The molecule has 0 radical (unpaired) electrons. The van der Waals surface area contributed by atoms with Gasteiger partial charge in [-0.1, -0.05) is 22.0 Å². The van der Waals surface area contributed by atoms with Crippen molar-refractivity contribution in [3.63, 3.8) is 0 Å². The molecular weight excluding hydrogens is 354 g/mol. The number of aliphatic carboxylic acids is 1. The molecule has 0 saturated carbocycles. The molecule has 0 spiro atoms. The summed E-state index contributed by atoms with van der Waals surface area (Å²) in [7, 11) is 0. The van der Waals surface area contributed by atoms with E-state index in [9.17, 15) is 14.7 Å². The number of alkyl carbamates (subject to hydrolysis) is 1. The Morgan fingerprint density at radius 2 is 2.09 bits per heavy atom. The second-order valence-corrected chi connectivity index (χ2v) is 7.05. The minimum Gasteiger partial charge on any atom is -0.479 e. The van der Waals surface area contributed by atoms with Crippen LogP contribution < -0.4 is 5.32 Å². The summed E-state index contributed by atoms with van der Waals surface area (Å²) in [4.78, 5) is 23.9. The smallest absolute Gasteiger partial charge is 0.408 e. The lowest BCUT2D eigenvalue weighted by Gasteiger charge is -2.36. The molecular formula is C15H18BrNO5. The van der Waals surface area contributed by atoms with Crippen molar-refractivity contribution in [2.75, 3.05) is 6.61 Å². The molecule has 7 heteroatoms. The fourth-order valence-corrected chi connectivity index (χ4v) is 2.71. The van der Waals surface area contributed by atoms with Crippen molar-refractivity contribution >= 4 is 28.0 Å². The summed E-state index contributed by atoms with van der Waals surface area (Å²) >= 11 is 3.34. The molecule has 0 aliphatic carbocycles. The van der Waals surface area contributed by atoms with E-state index in [1.165, 1.54) is 0 Å². The summed E-state index contributed by atoms with van der Waals surface area (Å²) in [5.74, 6) is -1.19. The Morgan fingerprint density at radius 1 is 1.41 bits per heavy atom. The average molecular weight is 372 g/mol. The van der Waals surface area contributed by atoms with Crippen LogP contribution >= 0.6 is 15.9 Å².